The Hall–Kier alpha value is -0.280. The molecule has 4 nitrogen and oxygen atoms in total. The van der Waals surface area contributed by atoms with Gasteiger partial charge in [0.25, 0.3) is 0 Å². The molecule has 114 valence electrons. The molecule has 1 aromatic carbocycles. The Bertz CT molecular complexity index is 772. The number of sulfonamides is 1. The van der Waals surface area contributed by atoms with Crippen molar-refractivity contribution in [1.29, 1.82) is 0 Å². The summed E-state index contributed by atoms with van der Waals surface area (Å²) >= 11 is 8.11. The smallest absolute Gasteiger partial charge is 0.242 e. The molecule has 1 aromatic heterocycles. The van der Waals surface area contributed by atoms with E-state index in [4.69, 9.17) is 0 Å². The van der Waals surface area contributed by atoms with Crippen molar-refractivity contribution in [3.8, 4) is 0 Å². The maximum absolute atomic E-state index is 12.5. The maximum atomic E-state index is 12.5. The molecular weight excluding hydrogens is 440 g/mol. The van der Waals surface area contributed by atoms with Gasteiger partial charge in [-0.3, -0.25) is 0 Å². The van der Waals surface area contributed by atoms with Gasteiger partial charge in [0.2, 0.25) is 10.0 Å². The first-order valence-electron chi connectivity index (χ1n) is 6.12. The molecule has 0 amide bonds. The van der Waals surface area contributed by atoms with Crippen molar-refractivity contribution >= 4 is 53.2 Å². The molecule has 1 unspecified atom stereocenters. The van der Waals surface area contributed by atoms with Gasteiger partial charge >= 0.3 is 0 Å². The van der Waals surface area contributed by atoms with Crippen LogP contribution < -0.4 is 4.72 Å². The highest BCUT2D eigenvalue weighted by Gasteiger charge is 2.23. The van der Waals surface area contributed by atoms with Crippen LogP contribution in [-0.4, -0.2) is 13.4 Å². The Labute approximate surface area is 145 Å². The molecule has 0 fully saturated rings. The lowest BCUT2D eigenvalue weighted by molar-refractivity contribution is 0.567. The molecule has 0 radical (unpaired) electrons. The minimum atomic E-state index is -3.60. The van der Waals surface area contributed by atoms with Crippen LogP contribution >= 0.6 is 43.2 Å². The Morgan fingerprint density at radius 2 is 1.95 bits per heavy atom. The molecule has 0 saturated carbocycles. The molecular formula is C13H14Br2N2O2S2. The Balaban J connectivity index is 2.31. The third kappa shape index (κ3) is 3.92. The molecule has 1 heterocycles. The van der Waals surface area contributed by atoms with Gasteiger partial charge in [-0.15, -0.1) is 11.3 Å². The monoisotopic (exact) mass is 452 g/mol. The Morgan fingerprint density at radius 3 is 2.48 bits per heavy atom. The third-order valence-corrected chi connectivity index (χ3v) is 7.11. The summed E-state index contributed by atoms with van der Waals surface area (Å²) in [6, 6.07) is 4.65. The number of rotatable bonds is 4. The molecule has 2 rings (SSSR count). The molecule has 8 heteroatoms. The van der Waals surface area contributed by atoms with Crippen LogP contribution in [0.15, 0.2) is 32.0 Å². The quantitative estimate of drug-likeness (QED) is 0.749. The lowest BCUT2D eigenvalue weighted by atomic mass is 10.2. The fraction of sp³-hybridized carbons (Fsp3) is 0.308. The van der Waals surface area contributed by atoms with E-state index in [2.05, 4.69) is 41.6 Å². The first-order chi connectivity index (χ1) is 9.70. The second-order valence-corrected chi connectivity index (χ2v) is 9.29. The van der Waals surface area contributed by atoms with E-state index in [-0.39, 0.29) is 10.9 Å². The SMILES string of the molecule is Cc1nc(C)c(C(C)NS(=O)(=O)c2ccc(Br)cc2Br)s1. The zero-order valence-corrected chi connectivity index (χ0v) is 16.5. The van der Waals surface area contributed by atoms with E-state index in [0.717, 1.165) is 20.1 Å². The van der Waals surface area contributed by atoms with Crippen molar-refractivity contribution in [2.45, 2.75) is 31.7 Å². The molecule has 0 bridgehead atoms. The van der Waals surface area contributed by atoms with Gasteiger partial charge in [0.1, 0.15) is 0 Å². The van der Waals surface area contributed by atoms with Gasteiger partial charge in [-0.25, -0.2) is 18.1 Å². The summed E-state index contributed by atoms with van der Waals surface area (Å²) in [6.45, 7) is 5.62. The van der Waals surface area contributed by atoms with Crippen LogP contribution in [0.4, 0.5) is 0 Å². The number of hydrogen-bond donors (Lipinski definition) is 1. The molecule has 1 N–H and O–H groups in total. The Kier molecular flexibility index (Phi) is 5.25. The second-order valence-electron chi connectivity index (χ2n) is 4.60. The van der Waals surface area contributed by atoms with Crippen molar-refractivity contribution in [3.63, 3.8) is 0 Å². The van der Waals surface area contributed by atoms with Crippen molar-refractivity contribution < 1.29 is 8.42 Å². The first-order valence-corrected chi connectivity index (χ1v) is 10.0. The number of aryl methyl sites for hydroxylation is 2. The van der Waals surface area contributed by atoms with Gasteiger partial charge in [0, 0.05) is 13.8 Å². The van der Waals surface area contributed by atoms with E-state index in [0.29, 0.717) is 4.47 Å². The Morgan fingerprint density at radius 1 is 1.29 bits per heavy atom. The van der Waals surface area contributed by atoms with Crippen LogP contribution in [0.25, 0.3) is 0 Å². The van der Waals surface area contributed by atoms with Crippen LogP contribution in [0.5, 0.6) is 0 Å². The van der Waals surface area contributed by atoms with Gasteiger partial charge in [-0.05, 0) is 54.9 Å². The molecule has 1 atom stereocenters. The number of hydrogen-bond acceptors (Lipinski definition) is 4. The van der Waals surface area contributed by atoms with Crippen LogP contribution in [0.2, 0.25) is 0 Å². The fourth-order valence-electron chi connectivity index (χ4n) is 1.99. The normalized spacial score (nSPS) is 13.4. The van der Waals surface area contributed by atoms with Crippen molar-refractivity contribution in [2.75, 3.05) is 0 Å². The number of halogens is 2. The number of benzene rings is 1. The topological polar surface area (TPSA) is 59.1 Å². The van der Waals surface area contributed by atoms with Crippen LogP contribution in [0.1, 0.15) is 28.5 Å². The number of thiazole rings is 1. The predicted molar refractivity (Wildman–Crippen MR) is 92.2 cm³/mol. The average molecular weight is 454 g/mol. The minimum Gasteiger partial charge on any atom is -0.247 e. The van der Waals surface area contributed by atoms with Gasteiger partial charge in [0.05, 0.1) is 21.6 Å². The lowest BCUT2D eigenvalue weighted by Gasteiger charge is -2.14. The van der Waals surface area contributed by atoms with Crippen molar-refractivity contribution in [2.24, 2.45) is 0 Å². The molecule has 21 heavy (non-hydrogen) atoms. The summed E-state index contributed by atoms with van der Waals surface area (Å²) in [5, 5.41) is 0.929. The standard InChI is InChI=1S/C13H14Br2N2O2S2/c1-7-13(20-9(3)16-7)8(2)17-21(18,19)12-5-4-10(14)6-11(12)15/h4-6,8,17H,1-3H3. The third-order valence-electron chi connectivity index (χ3n) is 2.85. The molecule has 0 aliphatic heterocycles. The number of aromatic nitrogens is 1. The van der Waals surface area contributed by atoms with Gasteiger partial charge in [0.15, 0.2) is 0 Å². The van der Waals surface area contributed by atoms with E-state index in [1.54, 1.807) is 18.2 Å². The second kappa shape index (κ2) is 6.45. The molecule has 0 aliphatic carbocycles. The molecule has 2 aromatic rings. The van der Waals surface area contributed by atoms with Crippen LogP contribution in [0.3, 0.4) is 0 Å². The van der Waals surface area contributed by atoms with Gasteiger partial charge in [-0.1, -0.05) is 15.9 Å². The van der Waals surface area contributed by atoms with Gasteiger partial charge in [-0.2, -0.15) is 0 Å². The molecule has 0 aliphatic rings. The van der Waals surface area contributed by atoms with E-state index < -0.39 is 10.0 Å². The summed E-state index contributed by atoms with van der Waals surface area (Å²) in [5.74, 6) is 0. The lowest BCUT2D eigenvalue weighted by Crippen LogP contribution is -2.27. The number of nitrogens with one attached hydrogen (secondary N) is 1. The average Bonchev–Trinajstić information content (AvgIpc) is 2.67. The highest BCUT2D eigenvalue weighted by Crippen LogP contribution is 2.29. The first kappa shape index (κ1) is 17.1. The summed E-state index contributed by atoms with van der Waals surface area (Å²) in [7, 11) is -3.60. The number of nitrogens with zero attached hydrogens (tertiary/aromatic N) is 1. The van der Waals surface area contributed by atoms with Gasteiger partial charge < -0.3 is 0 Å². The van der Waals surface area contributed by atoms with Crippen molar-refractivity contribution in [3.05, 3.63) is 42.7 Å². The summed E-state index contributed by atoms with van der Waals surface area (Å²) in [4.78, 5) is 5.49. The van der Waals surface area contributed by atoms with Crippen molar-refractivity contribution in [1.82, 2.24) is 9.71 Å². The zero-order chi connectivity index (χ0) is 15.8. The van der Waals surface area contributed by atoms with E-state index in [1.165, 1.54) is 11.3 Å². The minimum absolute atomic E-state index is 0.219. The molecule has 0 saturated heterocycles. The largest absolute Gasteiger partial charge is 0.247 e. The van der Waals surface area contributed by atoms with Crippen LogP contribution in [0, 0.1) is 13.8 Å². The summed E-state index contributed by atoms with van der Waals surface area (Å²) < 4.78 is 29.0. The highest BCUT2D eigenvalue weighted by atomic mass is 79.9. The summed E-state index contributed by atoms with van der Waals surface area (Å²) in [5.41, 5.74) is 0.863. The fourth-order valence-corrected chi connectivity index (χ4v) is 5.96. The van der Waals surface area contributed by atoms with Crippen LogP contribution in [-0.2, 0) is 10.0 Å². The van der Waals surface area contributed by atoms with E-state index >= 15 is 0 Å². The maximum Gasteiger partial charge on any atom is 0.242 e. The molecule has 0 spiro atoms. The highest BCUT2D eigenvalue weighted by molar-refractivity contribution is 9.11. The van der Waals surface area contributed by atoms with E-state index in [1.807, 2.05) is 20.8 Å². The predicted octanol–water partition coefficient (Wildman–Crippen LogP) is 4.32. The zero-order valence-electron chi connectivity index (χ0n) is 11.6. The van der Waals surface area contributed by atoms with E-state index in [9.17, 15) is 8.42 Å². The summed E-state index contributed by atoms with van der Waals surface area (Å²) in [6.07, 6.45) is 0.